The molecule has 5 nitrogen and oxygen atoms in total. The van der Waals surface area contributed by atoms with Gasteiger partial charge < -0.3 is 15.3 Å². The molecule has 0 aliphatic rings. The Morgan fingerprint density at radius 2 is 1.78 bits per heavy atom. The molecule has 0 aliphatic carbocycles. The van der Waals surface area contributed by atoms with Crippen molar-refractivity contribution in [2.45, 2.75) is 52.4 Å². The smallest absolute Gasteiger partial charge is 0.317 e. The molecular weight excluding hydrogens is 232 g/mol. The Bertz CT molecular complexity index is 244. The SMILES string of the molecule is CCCN(CC)C(=O)NCCCCCCC(=O)O. The van der Waals surface area contributed by atoms with E-state index in [2.05, 4.69) is 12.2 Å². The quantitative estimate of drug-likeness (QED) is 0.591. The highest BCUT2D eigenvalue weighted by molar-refractivity contribution is 5.74. The number of aliphatic carboxylic acids is 1. The highest BCUT2D eigenvalue weighted by atomic mass is 16.4. The number of carbonyl (C=O) groups is 2. The van der Waals surface area contributed by atoms with Crippen molar-refractivity contribution in [1.29, 1.82) is 0 Å². The molecule has 0 aromatic rings. The Morgan fingerprint density at radius 3 is 2.33 bits per heavy atom. The van der Waals surface area contributed by atoms with Crippen LogP contribution in [0.3, 0.4) is 0 Å². The van der Waals surface area contributed by atoms with Crippen LogP contribution in [0, 0.1) is 0 Å². The highest BCUT2D eigenvalue weighted by Gasteiger charge is 2.08. The second-order valence-electron chi connectivity index (χ2n) is 4.37. The van der Waals surface area contributed by atoms with E-state index in [4.69, 9.17) is 5.11 Å². The average molecular weight is 258 g/mol. The Kier molecular flexibility index (Phi) is 10.1. The zero-order valence-electron chi connectivity index (χ0n) is 11.6. The third kappa shape index (κ3) is 8.84. The van der Waals surface area contributed by atoms with Gasteiger partial charge in [0.15, 0.2) is 0 Å². The Morgan fingerprint density at radius 1 is 1.11 bits per heavy atom. The topological polar surface area (TPSA) is 69.6 Å². The molecule has 0 spiro atoms. The molecule has 0 aliphatic heterocycles. The lowest BCUT2D eigenvalue weighted by Crippen LogP contribution is -2.40. The Hall–Kier alpha value is -1.26. The summed E-state index contributed by atoms with van der Waals surface area (Å²) in [5, 5.41) is 11.4. The van der Waals surface area contributed by atoms with Crippen LogP contribution >= 0.6 is 0 Å². The number of unbranched alkanes of at least 4 members (excludes halogenated alkanes) is 3. The number of amides is 2. The maximum Gasteiger partial charge on any atom is 0.317 e. The van der Waals surface area contributed by atoms with Gasteiger partial charge >= 0.3 is 12.0 Å². The molecule has 0 radical (unpaired) electrons. The molecule has 0 aromatic carbocycles. The highest BCUT2D eigenvalue weighted by Crippen LogP contribution is 2.02. The number of hydrogen-bond acceptors (Lipinski definition) is 2. The van der Waals surface area contributed by atoms with Gasteiger partial charge in [-0.25, -0.2) is 4.79 Å². The molecule has 0 atom stereocenters. The molecule has 2 N–H and O–H groups in total. The zero-order chi connectivity index (χ0) is 13.8. The first kappa shape index (κ1) is 16.7. The number of nitrogens with zero attached hydrogens (tertiary/aromatic N) is 1. The monoisotopic (exact) mass is 258 g/mol. The van der Waals surface area contributed by atoms with Crippen molar-refractivity contribution in [2.75, 3.05) is 19.6 Å². The summed E-state index contributed by atoms with van der Waals surface area (Å²) in [7, 11) is 0. The predicted octanol–water partition coefficient (Wildman–Crippen LogP) is 2.46. The molecular formula is C13H26N2O3. The van der Waals surface area contributed by atoms with Gasteiger partial charge in [0.05, 0.1) is 0 Å². The summed E-state index contributed by atoms with van der Waals surface area (Å²) in [6.07, 6.45) is 4.72. The van der Waals surface area contributed by atoms with Crippen LogP contribution in [-0.4, -0.2) is 41.6 Å². The molecule has 0 fully saturated rings. The number of urea groups is 1. The van der Waals surface area contributed by atoms with Gasteiger partial charge in [0.1, 0.15) is 0 Å². The van der Waals surface area contributed by atoms with Gasteiger partial charge in [-0.15, -0.1) is 0 Å². The van der Waals surface area contributed by atoms with Crippen molar-refractivity contribution in [3.05, 3.63) is 0 Å². The third-order valence-electron chi connectivity index (χ3n) is 2.76. The van der Waals surface area contributed by atoms with Crippen molar-refractivity contribution < 1.29 is 14.7 Å². The fourth-order valence-electron chi connectivity index (χ4n) is 1.74. The summed E-state index contributed by atoms with van der Waals surface area (Å²) in [4.78, 5) is 23.8. The van der Waals surface area contributed by atoms with Crippen molar-refractivity contribution >= 4 is 12.0 Å². The molecule has 0 aromatic heterocycles. The van der Waals surface area contributed by atoms with Gasteiger partial charge in [-0.2, -0.15) is 0 Å². The van der Waals surface area contributed by atoms with Crippen molar-refractivity contribution in [2.24, 2.45) is 0 Å². The third-order valence-corrected chi connectivity index (χ3v) is 2.76. The van der Waals surface area contributed by atoms with Gasteiger partial charge in [-0.3, -0.25) is 4.79 Å². The van der Waals surface area contributed by atoms with Crippen LogP contribution in [0.15, 0.2) is 0 Å². The van der Waals surface area contributed by atoms with Crippen molar-refractivity contribution in [3.8, 4) is 0 Å². The molecule has 2 amide bonds. The number of carboxylic acids is 1. The predicted molar refractivity (Wildman–Crippen MR) is 71.7 cm³/mol. The lowest BCUT2D eigenvalue weighted by Gasteiger charge is -2.20. The van der Waals surface area contributed by atoms with Crippen LogP contribution in [0.25, 0.3) is 0 Å². The standard InChI is InChI=1S/C13H26N2O3/c1-3-11-15(4-2)13(18)14-10-8-6-5-7-9-12(16)17/h3-11H2,1-2H3,(H,14,18)(H,16,17). The van der Waals surface area contributed by atoms with Gasteiger partial charge in [0.25, 0.3) is 0 Å². The van der Waals surface area contributed by atoms with Gasteiger partial charge in [0.2, 0.25) is 0 Å². The number of carboxylic acid groups (broad SMARTS) is 1. The second-order valence-corrected chi connectivity index (χ2v) is 4.37. The minimum Gasteiger partial charge on any atom is -0.481 e. The van der Waals surface area contributed by atoms with Gasteiger partial charge in [-0.05, 0) is 26.2 Å². The number of hydrogen-bond donors (Lipinski definition) is 2. The van der Waals surface area contributed by atoms with E-state index in [0.717, 1.165) is 45.2 Å². The number of rotatable bonds is 10. The molecule has 0 bridgehead atoms. The van der Waals surface area contributed by atoms with Crippen LogP contribution < -0.4 is 5.32 Å². The normalized spacial score (nSPS) is 10.1. The minimum absolute atomic E-state index is 0.00452. The van der Waals surface area contributed by atoms with Crippen molar-refractivity contribution in [3.63, 3.8) is 0 Å². The zero-order valence-corrected chi connectivity index (χ0v) is 11.6. The average Bonchev–Trinajstić information content (AvgIpc) is 2.34. The van der Waals surface area contributed by atoms with E-state index in [9.17, 15) is 9.59 Å². The second kappa shape index (κ2) is 10.9. The number of carbonyl (C=O) groups excluding carboxylic acids is 1. The lowest BCUT2D eigenvalue weighted by molar-refractivity contribution is -0.137. The maximum absolute atomic E-state index is 11.7. The summed E-state index contributed by atoms with van der Waals surface area (Å²) in [6.45, 7) is 6.23. The first-order valence-corrected chi connectivity index (χ1v) is 6.86. The van der Waals surface area contributed by atoms with Gasteiger partial charge in [0, 0.05) is 26.1 Å². The molecule has 0 rings (SSSR count). The first-order chi connectivity index (χ1) is 8.61. The van der Waals surface area contributed by atoms with E-state index in [0.29, 0.717) is 6.54 Å². The Labute approximate surface area is 110 Å². The van der Waals surface area contributed by atoms with Gasteiger partial charge in [-0.1, -0.05) is 19.8 Å². The fourth-order valence-corrected chi connectivity index (χ4v) is 1.74. The molecule has 0 saturated carbocycles. The number of nitrogens with one attached hydrogen (secondary N) is 1. The lowest BCUT2D eigenvalue weighted by atomic mass is 10.1. The maximum atomic E-state index is 11.7. The van der Waals surface area contributed by atoms with E-state index in [-0.39, 0.29) is 12.5 Å². The molecule has 0 saturated heterocycles. The largest absolute Gasteiger partial charge is 0.481 e. The first-order valence-electron chi connectivity index (χ1n) is 6.86. The fraction of sp³-hybridized carbons (Fsp3) is 0.846. The molecule has 5 heteroatoms. The van der Waals surface area contributed by atoms with E-state index in [1.54, 1.807) is 4.90 Å². The summed E-state index contributed by atoms with van der Waals surface area (Å²) in [5.41, 5.74) is 0. The summed E-state index contributed by atoms with van der Waals surface area (Å²) >= 11 is 0. The minimum atomic E-state index is -0.735. The van der Waals surface area contributed by atoms with Crippen LogP contribution in [0.4, 0.5) is 4.79 Å². The molecule has 0 unspecified atom stereocenters. The van der Waals surface area contributed by atoms with E-state index >= 15 is 0 Å². The van der Waals surface area contributed by atoms with Crippen LogP contribution in [0.2, 0.25) is 0 Å². The summed E-state index contributed by atoms with van der Waals surface area (Å²) in [6, 6.07) is 0.00452. The summed E-state index contributed by atoms with van der Waals surface area (Å²) < 4.78 is 0. The van der Waals surface area contributed by atoms with Crippen LogP contribution in [0.1, 0.15) is 52.4 Å². The van der Waals surface area contributed by atoms with E-state index in [1.165, 1.54) is 0 Å². The molecule has 0 heterocycles. The van der Waals surface area contributed by atoms with Crippen molar-refractivity contribution in [1.82, 2.24) is 10.2 Å². The van der Waals surface area contributed by atoms with Crippen LogP contribution in [-0.2, 0) is 4.79 Å². The van der Waals surface area contributed by atoms with E-state index in [1.807, 2.05) is 6.92 Å². The van der Waals surface area contributed by atoms with E-state index < -0.39 is 5.97 Å². The molecule has 18 heavy (non-hydrogen) atoms. The summed E-state index contributed by atoms with van der Waals surface area (Å²) in [5.74, 6) is -0.735. The Balaban J connectivity index is 3.47. The van der Waals surface area contributed by atoms with Crippen LogP contribution in [0.5, 0.6) is 0 Å². The molecule has 106 valence electrons.